The number of hydrogen-bond donors (Lipinski definition) is 2. The minimum absolute atomic E-state index is 0.208. The number of rotatable bonds is 3. The molecule has 0 unspecified atom stereocenters. The van der Waals surface area contributed by atoms with Crippen molar-refractivity contribution in [3.8, 4) is 0 Å². The highest BCUT2D eigenvalue weighted by atomic mass is 35.5. The molecule has 2 N–H and O–H groups in total. The number of hydrogen-bond acceptors (Lipinski definition) is 2. The minimum atomic E-state index is -1.14. The molecule has 0 aliphatic heterocycles. The van der Waals surface area contributed by atoms with Crippen molar-refractivity contribution in [1.29, 1.82) is 0 Å². The molecular formula is C12H11Cl2NO3. The smallest absolute Gasteiger partial charge is 0.329 e. The molecule has 1 aromatic rings. The first-order valence-electron chi connectivity index (χ1n) is 5.45. The lowest BCUT2D eigenvalue weighted by atomic mass is 9.76. The molecule has 0 saturated heterocycles. The maximum absolute atomic E-state index is 12.0. The molecule has 0 heterocycles. The second-order valence-electron chi connectivity index (χ2n) is 4.32. The average Bonchev–Trinajstić information content (AvgIpc) is 2.22. The molecule has 2 rings (SSSR count). The summed E-state index contributed by atoms with van der Waals surface area (Å²) in [6.45, 7) is 0. The van der Waals surface area contributed by atoms with E-state index in [0.29, 0.717) is 17.9 Å². The summed E-state index contributed by atoms with van der Waals surface area (Å²) in [6, 6.07) is 4.47. The number of aliphatic carboxylic acids is 1. The van der Waals surface area contributed by atoms with Gasteiger partial charge in [0.25, 0.3) is 5.91 Å². The molecule has 1 aromatic carbocycles. The van der Waals surface area contributed by atoms with Gasteiger partial charge in [-0.05, 0) is 37.5 Å². The molecule has 1 fully saturated rings. The van der Waals surface area contributed by atoms with Crippen molar-refractivity contribution in [3.05, 3.63) is 33.8 Å². The third kappa shape index (κ3) is 2.31. The Labute approximate surface area is 114 Å². The quantitative estimate of drug-likeness (QED) is 0.898. The van der Waals surface area contributed by atoms with E-state index in [-0.39, 0.29) is 10.6 Å². The van der Waals surface area contributed by atoms with Gasteiger partial charge in [-0.15, -0.1) is 0 Å². The Morgan fingerprint density at radius 1 is 1.28 bits per heavy atom. The Morgan fingerprint density at radius 2 is 1.94 bits per heavy atom. The lowest BCUT2D eigenvalue weighted by molar-refractivity contribution is -0.148. The fourth-order valence-corrected chi connectivity index (χ4v) is 2.38. The van der Waals surface area contributed by atoms with Crippen LogP contribution in [-0.2, 0) is 4.79 Å². The second-order valence-corrected chi connectivity index (χ2v) is 5.16. The lowest BCUT2D eigenvalue weighted by Gasteiger charge is -2.38. The molecule has 1 saturated carbocycles. The highest BCUT2D eigenvalue weighted by Gasteiger charge is 2.45. The number of carbonyl (C=O) groups is 2. The molecule has 0 radical (unpaired) electrons. The van der Waals surface area contributed by atoms with E-state index in [4.69, 9.17) is 28.3 Å². The average molecular weight is 288 g/mol. The molecule has 0 spiro atoms. The summed E-state index contributed by atoms with van der Waals surface area (Å²) in [6.07, 6.45) is 1.68. The molecular weight excluding hydrogens is 277 g/mol. The van der Waals surface area contributed by atoms with Crippen molar-refractivity contribution >= 4 is 35.1 Å². The van der Waals surface area contributed by atoms with Crippen LogP contribution in [0.2, 0.25) is 10.0 Å². The molecule has 1 aliphatic rings. The first kappa shape index (κ1) is 13.2. The molecule has 1 amide bonds. The standard InChI is InChI=1S/C12H11Cl2NO3/c13-7-2-3-8(9(14)6-7)10(16)15-12(11(17)18)4-1-5-12/h2-3,6H,1,4-5H2,(H,15,16)(H,17,18). The first-order valence-corrected chi connectivity index (χ1v) is 6.21. The predicted molar refractivity (Wildman–Crippen MR) is 68.1 cm³/mol. The van der Waals surface area contributed by atoms with E-state index in [2.05, 4.69) is 5.32 Å². The van der Waals surface area contributed by atoms with E-state index < -0.39 is 17.4 Å². The van der Waals surface area contributed by atoms with E-state index in [1.165, 1.54) is 18.2 Å². The van der Waals surface area contributed by atoms with E-state index in [0.717, 1.165) is 6.42 Å². The summed E-state index contributed by atoms with van der Waals surface area (Å²) in [7, 11) is 0. The van der Waals surface area contributed by atoms with Crippen LogP contribution in [0.3, 0.4) is 0 Å². The Morgan fingerprint density at radius 3 is 2.39 bits per heavy atom. The molecule has 0 atom stereocenters. The number of amides is 1. The van der Waals surface area contributed by atoms with Gasteiger partial charge < -0.3 is 10.4 Å². The number of halogens is 2. The van der Waals surface area contributed by atoms with Crippen LogP contribution in [0.4, 0.5) is 0 Å². The van der Waals surface area contributed by atoms with Crippen LogP contribution in [0.15, 0.2) is 18.2 Å². The largest absolute Gasteiger partial charge is 0.480 e. The van der Waals surface area contributed by atoms with Crippen molar-refractivity contribution in [3.63, 3.8) is 0 Å². The Bertz CT molecular complexity index is 512. The molecule has 4 nitrogen and oxygen atoms in total. The number of carbonyl (C=O) groups excluding carboxylic acids is 1. The highest BCUT2D eigenvalue weighted by Crippen LogP contribution is 2.33. The Hall–Kier alpha value is -1.26. The van der Waals surface area contributed by atoms with E-state index >= 15 is 0 Å². The summed E-state index contributed by atoms with van der Waals surface area (Å²) >= 11 is 11.6. The molecule has 0 bridgehead atoms. The summed E-state index contributed by atoms with van der Waals surface area (Å²) < 4.78 is 0. The second kappa shape index (κ2) is 4.78. The van der Waals surface area contributed by atoms with Gasteiger partial charge in [-0.1, -0.05) is 23.2 Å². The van der Waals surface area contributed by atoms with E-state index in [9.17, 15) is 9.59 Å². The Kier molecular flexibility index (Phi) is 3.50. The maximum atomic E-state index is 12.0. The molecule has 96 valence electrons. The highest BCUT2D eigenvalue weighted by molar-refractivity contribution is 6.36. The van der Waals surface area contributed by atoms with Crippen molar-refractivity contribution in [2.24, 2.45) is 0 Å². The predicted octanol–water partition coefficient (Wildman–Crippen LogP) is 2.73. The van der Waals surface area contributed by atoms with Gasteiger partial charge in [0.05, 0.1) is 10.6 Å². The molecule has 1 aliphatic carbocycles. The fourth-order valence-electron chi connectivity index (χ4n) is 1.88. The number of nitrogens with one attached hydrogen (secondary N) is 1. The molecule has 18 heavy (non-hydrogen) atoms. The van der Waals surface area contributed by atoms with Gasteiger partial charge in [0.1, 0.15) is 5.54 Å². The number of carboxylic acid groups (broad SMARTS) is 1. The van der Waals surface area contributed by atoms with Crippen LogP contribution in [0.25, 0.3) is 0 Å². The third-order valence-corrected chi connectivity index (χ3v) is 3.69. The fraction of sp³-hybridized carbons (Fsp3) is 0.333. The Balaban J connectivity index is 2.19. The normalized spacial score (nSPS) is 16.8. The van der Waals surface area contributed by atoms with Crippen molar-refractivity contribution in [1.82, 2.24) is 5.32 Å². The lowest BCUT2D eigenvalue weighted by Crippen LogP contribution is -2.59. The van der Waals surface area contributed by atoms with E-state index in [1.807, 2.05) is 0 Å². The molecule has 0 aromatic heterocycles. The van der Waals surface area contributed by atoms with Crippen LogP contribution >= 0.6 is 23.2 Å². The zero-order chi connectivity index (χ0) is 13.3. The topological polar surface area (TPSA) is 66.4 Å². The van der Waals surface area contributed by atoms with Crippen LogP contribution < -0.4 is 5.32 Å². The third-order valence-electron chi connectivity index (χ3n) is 3.15. The van der Waals surface area contributed by atoms with Gasteiger partial charge in [-0.3, -0.25) is 4.79 Å². The van der Waals surface area contributed by atoms with E-state index in [1.54, 1.807) is 0 Å². The van der Waals surface area contributed by atoms with Gasteiger partial charge >= 0.3 is 5.97 Å². The maximum Gasteiger partial charge on any atom is 0.329 e. The van der Waals surface area contributed by atoms with Gasteiger partial charge in [0.2, 0.25) is 0 Å². The van der Waals surface area contributed by atoms with Gasteiger partial charge in [-0.2, -0.15) is 0 Å². The van der Waals surface area contributed by atoms with Crippen LogP contribution in [0, 0.1) is 0 Å². The van der Waals surface area contributed by atoms with Crippen LogP contribution in [0.5, 0.6) is 0 Å². The summed E-state index contributed by atoms with van der Waals surface area (Å²) in [5, 5.41) is 12.3. The van der Waals surface area contributed by atoms with Crippen molar-refractivity contribution in [2.45, 2.75) is 24.8 Å². The summed E-state index contributed by atoms with van der Waals surface area (Å²) in [5.41, 5.74) is -0.909. The number of carboxylic acids is 1. The first-order chi connectivity index (χ1) is 8.44. The monoisotopic (exact) mass is 287 g/mol. The van der Waals surface area contributed by atoms with Crippen molar-refractivity contribution in [2.75, 3.05) is 0 Å². The molecule has 6 heteroatoms. The van der Waals surface area contributed by atoms with Gasteiger partial charge in [0.15, 0.2) is 0 Å². The van der Waals surface area contributed by atoms with Gasteiger partial charge in [-0.25, -0.2) is 4.79 Å². The number of benzene rings is 1. The van der Waals surface area contributed by atoms with Crippen LogP contribution in [0.1, 0.15) is 29.6 Å². The summed E-state index contributed by atoms with van der Waals surface area (Å²) in [4.78, 5) is 23.1. The zero-order valence-electron chi connectivity index (χ0n) is 9.37. The van der Waals surface area contributed by atoms with Crippen molar-refractivity contribution < 1.29 is 14.7 Å². The van der Waals surface area contributed by atoms with Crippen LogP contribution in [-0.4, -0.2) is 22.5 Å². The SMILES string of the molecule is O=C(NC1(C(=O)O)CCC1)c1ccc(Cl)cc1Cl. The summed E-state index contributed by atoms with van der Waals surface area (Å²) in [5.74, 6) is -1.49. The zero-order valence-corrected chi connectivity index (χ0v) is 10.9. The minimum Gasteiger partial charge on any atom is -0.480 e. The van der Waals surface area contributed by atoms with Gasteiger partial charge in [0, 0.05) is 5.02 Å².